The summed E-state index contributed by atoms with van der Waals surface area (Å²) >= 11 is 5.98. The van der Waals surface area contributed by atoms with Gasteiger partial charge in [-0.2, -0.15) is 0 Å². The first-order valence-electron chi connectivity index (χ1n) is 6.14. The predicted molar refractivity (Wildman–Crippen MR) is 77.8 cm³/mol. The second-order valence-corrected chi connectivity index (χ2v) is 4.48. The van der Waals surface area contributed by atoms with Crippen molar-refractivity contribution in [3.05, 3.63) is 47.5 Å². The minimum atomic E-state index is -1.19. The van der Waals surface area contributed by atoms with Crippen LogP contribution in [0.4, 0.5) is 4.79 Å². The second-order valence-electron chi connectivity index (χ2n) is 4.07. The minimum Gasteiger partial charge on any atom is -0.479 e. The van der Waals surface area contributed by atoms with Crippen molar-refractivity contribution in [1.82, 2.24) is 10.2 Å². The first-order valence-corrected chi connectivity index (χ1v) is 6.52. The number of nitrogens with one attached hydrogen (secondary N) is 1. The summed E-state index contributed by atoms with van der Waals surface area (Å²) in [6.45, 7) is 6.15. The molecule has 2 N–H and O–H groups in total. The van der Waals surface area contributed by atoms with E-state index in [1.807, 2.05) is 0 Å². The lowest BCUT2D eigenvalue weighted by atomic mass is 10.1. The normalized spacial score (nSPS) is 11.5. The maximum absolute atomic E-state index is 12.0. The van der Waals surface area contributed by atoms with Crippen LogP contribution in [0.15, 0.2) is 36.9 Å². The summed E-state index contributed by atoms with van der Waals surface area (Å²) in [5.74, 6) is -1.17. The van der Waals surface area contributed by atoms with Gasteiger partial charge in [-0.3, -0.25) is 0 Å². The lowest BCUT2D eigenvalue weighted by Gasteiger charge is -2.23. The van der Waals surface area contributed by atoms with Crippen molar-refractivity contribution >= 4 is 23.6 Å². The van der Waals surface area contributed by atoms with E-state index >= 15 is 0 Å². The highest BCUT2D eigenvalue weighted by Crippen LogP contribution is 2.23. The molecule has 20 heavy (non-hydrogen) atoms. The Bertz CT molecular complexity index is 505. The second kappa shape index (κ2) is 7.55. The van der Waals surface area contributed by atoms with Crippen LogP contribution in [0.5, 0.6) is 0 Å². The van der Waals surface area contributed by atoms with Crippen molar-refractivity contribution < 1.29 is 14.7 Å². The Morgan fingerprint density at radius 3 is 2.65 bits per heavy atom. The van der Waals surface area contributed by atoms with Crippen LogP contribution in [0, 0.1) is 0 Å². The van der Waals surface area contributed by atoms with Crippen molar-refractivity contribution in [2.24, 2.45) is 0 Å². The van der Waals surface area contributed by atoms with Gasteiger partial charge in [0.25, 0.3) is 0 Å². The molecule has 0 aliphatic rings. The third kappa shape index (κ3) is 3.99. The Morgan fingerprint density at radius 1 is 1.50 bits per heavy atom. The Labute approximate surface area is 122 Å². The molecule has 0 heterocycles. The summed E-state index contributed by atoms with van der Waals surface area (Å²) in [4.78, 5) is 24.8. The zero-order valence-corrected chi connectivity index (χ0v) is 11.9. The zero-order valence-electron chi connectivity index (χ0n) is 11.2. The quantitative estimate of drug-likeness (QED) is 0.793. The fourth-order valence-corrected chi connectivity index (χ4v) is 1.95. The van der Waals surface area contributed by atoms with E-state index in [9.17, 15) is 14.7 Å². The SMILES string of the molecule is C=CCN(CC)C(=O)N[C@@H](C(=O)O)c1ccccc1Cl. The van der Waals surface area contributed by atoms with Gasteiger partial charge in [-0.05, 0) is 13.0 Å². The molecule has 0 aromatic heterocycles. The summed E-state index contributed by atoms with van der Waals surface area (Å²) in [6.07, 6.45) is 1.58. The summed E-state index contributed by atoms with van der Waals surface area (Å²) < 4.78 is 0. The molecule has 0 saturated carbocycles. The fraction of sp³-hybridized carbons (Fsp3) is 0.286. The summed E-state index contributed by atoms with van der Waals surface area (Å²) in [5, 5.41) is 12.0. The average Bonchev–Trinajstić information content (AvgIpc) is 2.42. The van der Waals surface area contributed by atoms with E-state index in [0.717, 1.165) is 0 Å². The van der Waals surface area contributed by atoms with Gasteiger partial charge in [-0.1, -0.05) is 35.9 Å². The smallest absolute Gasteiger partial charge is 0.331 e. The molecule has 1 rings (SSSR count). The Morgan fingerprint density at radius 2 is 2.15 bits per heavy atom. The largest absolute Gasteiger partial charge is 0.479 e. The molecule has 0 bridgehead atoms. The van der Waals surface area contributed by atoms with Gasteiger partial charge < -0.3 is 15.3 Å². The predicted octanol–water partition coefficient (Wildman–Crippen LogP) is 2.68. The van der Waals surface area contributed by atoms with Crippen LogP contribution in [0.25, 0.3) is 0 Å². The summed E-state index contributed by atoms with van der Waals surface area (Å²) in [5.41, 5.74) is 0.352. The molecule has 1 aromatic rings. The molecule has 0 aliphatic carbocycles. The van der Waals surface area contributed by atoms with Crippen LogP contribution in [0.3, 0.4) is 0 Å². The molecule has 0 spiro atoms. The van der Waals surface area contributed by atoms with E-state index < -0.39 is 18.0 Å². The molecule has 0 saturated heterocycles. The summed E-state index contributed by atoms with van der Waals surface area (Å²) in [7, 11) is 0. The van der Waals surface area contributed by atoms with Crippen LogP contribution < -0.4 is 5.32 Å². The van der Waals surface area contributed by atoms with Crippen molar-refractivity contribution in [3.63, 3.8) is 0 Å². The molecule has 2 amide bonds. The Hall–Kier alpha value is -2.01. The Kier molecular flexibility index (Phi) is 6.06. The lowest BCUT2D eigenvalue weighted by Crippen LogP contribution is -2.43. The van der Waals surface area contributed by atoms with E-state index in [1.165, 1.54) is 4.90 Å². The van der Waals surface area contributed by atoms with E-state index in [4.69, 9.17) is 11.6 Å². The molecule has 0 radical (unpaired) electrons. The molecule has 5 nitrogen and oxygen atoms in total. The highest BCUT2D eigenvalue weighted by molar-refractivity contribution is 6.31. The number of carbonyl (C=O) groups is 2. The maximum Gasteiger partial charge on any atom is 0.331 e. The minimum absolute atomic E-state index is 0.298. The molecule has 0 fully saturated rings. The number of nitrogens with zero attached hydrogens (tertiary/aromatic N) is 1. The van der Waals surface area contributed by atoms with Crippen molar-refractivity contribution in [1.29, 1.82) is 0 Å². The number of benzene rings is 1. The number of hydrogen-bond acceptors (Lipinski definition) is 2. The van der Waals surface area contributed by atoms with Crippen LogP contribution >= 0.6 is 11.6 Å². The molecule has 0 unspecified atom stereocenters. The third-order valence-electron chi connectivity index (χ3n) is 2.75. The molecule has 6 heteroatoms. The summed E-state index contributed by atoms with van der Waals surface area (Å²) in [6, 6.07) is 4.87. The molecule has 1 atom stereocenters. The van der Waals surface area contributed by atoms with Crippen LogP contribution in [-0.2, 0) is 4.79 Å². The number of likely N-dealkylation sites (N-methyl/N-ethyl adjacent to an activating group) is 1. The molecular weight excluding hydrogens is 280 g/mol. The van der Waals surface area contributed by atoms with Crippen molar-refractivity contribution in [3.8, 4) is 0 Å². The first-order chi connectivity index (χ1) is 9.51. The topological polar surface area (TPSA) is 69.6 Å². The average molecular weight is 297 g/mol. The van der Waals surface area contributed by atoms with E-state index in [-0.39, 0.29) is 0 Å². The zero-order chi connectivity index (χ0) is 15.1. The molecular formula is C14H17ClN2O3. The number of hydrogen-bond donors (Lipinski definition) is 2. The van der Waals surface area contributed by atoms with Gasteiger partial charge in [0, 0.05) is 23.7 Å². The molecule has 0 aliphatic heterocycles. The van der Waals surface area contributed by atoms with Crippen LogP contribution in [0.1, 0.15) is 18.5 Å². The van der Waals surface area contributed by atoms with Gasteiger partial charge in [-0.15, -0.1) is 6.58 Å². The van der Waals surface area contributed by atoms with E-state index in [2.05, 4.69) is 11.9 Å². The van der Waals surface area contributed by atoms with Crippen molar-refractivity contribution in [2.45, 2.75) is 13.0 Å². The molecule has 108 valence electrons. The lowest BCUT2D eigenvalue weighted by molar-refractivity contribution is -0.139. The number of carbonyl (C=O) groups excluding carboxylic acids is 1. The number of amides is 2. The van der Waals surface area contributed by atoms with Gasteiger partial charge in [0.15, 0.2) is 6.04 Å². The number of halogens is 1. The van der Waals surface area contributed by atoms with Gasteiger partial charge in [0.05, 0.1) is 0 Å². The van der Waals surface area contributed by atoms with Crippen LogP contribution in [-0.4, -0.2) is 35.1 Å². The van der Waals surface area contributed by atoms with Gasteiger partial charge in [-0.25, -0.2) is 9.59 Å². The molecule has 1 aromatic carbocycles. The number of carboxylic acids is 1. The number of rotatable bonds is 6. The monoisotopic (exact) mass is 296 g/mol. The number of urea groups is 1. The van der Waals surface area contributed by atoms with Gasteiger partial charge >= 0.3 is 12.0 Å². The highest BCUT2D eigenvalue weighted by Gasteiger charge is 2.25. The standard InChI is InChI=1S/C14H17ClN2O3/c1-3-9-17(4-2)14(20)16-12(13(18)19)10-7-5-6-8-11(10)15/h3,5-8,12H,1,4,9H2,2H3,(H,16,20)(H,18,19)/t12-/m1/s1. The van der Waals surface area contributed by atoms with Gasteiger partial charge in [0.1, 0.15) is 0 Å². The van der Waals surface area contributed by atoms with Crippen molar-refractivity contribution in [2.75, 3.05) is 13.1 Å². The number of aliphatic carboxylic acids is 1. The van der Waals surface area contributed by atoms with E-state index in [0.29, 0.717) is 23.7 Å². The fourth-order valence-electron chi connectivity index (χ4n) is 1.71. The first kappa shape index (κ1) is 16.0. The van der Waals surface area contributed by atoms with Crippen LogP contribution in [0.2, 0.25) is 5.02 Å². The number of carboxylic acid groups (broad SMARTS) is 1. The maximum atomic E-state index is 12.0. The highest BCUT2D eigenvalue weighted by atomic mass is 35.5. The van der Waals surface area contributed by atoms with E-state index in [1.54, 1.807) is 37.3 Å². The van der Waals surface area contributed by atoms with Gasteiger partial charge in [0.2, 0.25) is 0 Å². The third-order valence-corrected chi connectivity index (χ3v) is 3.09. The Balaban J connectivity index is 2.94.